The molecular weight excluding hydrogens is 216 g/mol. The molecule has 0 aliphatic heterocycles. The lowest BCUT2D eigenvalue weighted by Gasteiger charge is -2.17. The Morgan fingerprint density at radius 3 is 2.18 bits per heavy atom. The number of carboxylic acid groups (broad SMARTS) is 1. The molecule has 0 heterocycles. The fraction of sp³-hybridized carbons (Fsp3) is 0.429. The van der Waals surface area contributed by atoms with Crippen molar-refractivity contribution in [1.82, 2.24) is 0 Å². The smallest absolute Gasteiger partial charge is 0.303 e. The van der Waals surface area contributed by atoms with Crippen LogP contribution < -0.4 is 0 Å². The van der Waals surface area contributed by atoms with Gasteiger partial charge in [-0.25, -0.2) is 0 Å². The van der Waals surface area contributed by atoms with Crippen LogP contribution in [0, 0.1) is 11.8 Å². The predicted molar refractivity (Wildman–Crippen MR) is 66.0 cm³/mol. The molecule has 0 aromatic heterocycles. The van der Waals surface area contributed by atoms with E-state index in [0.717, 1.165) is 0 Å². The van der Waals surface area contributed by atoms with Gasteiger partial charge in [-0.05, 0) is 11.8 Å². The Morgan fingerprint density at radius 1 is 1.12 bits per heavy atom. The van der Waals surface area contributed by atoms with E-state index in [2.05, 4.69) is 0 Å². The summed E-state index contributed by atoms with van der Waals surface area (Å²) in [6, 6.07) is 9.01. The van der Waals surface area contributed by atoms with Gasteiger partial charge in [0.1, 0.15) is 0 Å². The van der Waals surface area contributed by atoms with Crippen LogP contribution in [0.15, 0.2) is 30.3 Å². The molecule has 0 amide bonds. The third-order valence-electron chi connectivity index (χ3n) is 2.92. The summed E-state index contributed by atoms with van der Waals surface area (Å²) in [6.07, 6.45) is 0.351. The van der Waals surface area contributed by atoms with Crippen molar-refractivity contribution in [2.75, 3.05) is 0 Å². The molecule has 1 atom stereocenters. The number of aliphatic carboxylic acids is 1. The summed E-state index contributed by atoms with van der Waals surface area (Å²) < 4.78 is 0. The van der Waals surface area contributed by atoms with Crippen LogP contribution in [-0.2, 0) is 4.79 Å². The second-order valence-electron chi connectivity index (χ2n) is 4.60. The normalized spacial score (nSPS) is 12.4. The summed E-state index contributed by atoms with van der Waals surface area (Å²) in [4.78, 5) is 22.7. The van der Waals surface area contributed by atoms with E-state index in [1.54, 1.807) is 12.1 Å². The summed E-state index contributed by atoms with van der Waals surface area (Å²) in [5.41, 5.74) is 0.656. The molecule has 0 bridgehead atoms. The van der Waals surface area contributed by atoms with Gasteiger partial charge in [-0.1, -0.05) is 44.2 Å². The van der Waals surface area contributed by atoms with E-state index in [1.165, 1.54) is 0 Å². The number of carbonyl (C=O) groups excluding carboxylic acids is 1. The average Bonchev–Trinajstić information content (AvgIpc) is 2.28. The van der Waals surface area contributed by atoms with Gasteiger partial charge >= 0.3 is 5.97 Å². The number of carbonyl (C=O) groups is 2. The van der Waals surface area contributed by atoms with E-state index >= 15 is 0 Å². The summed E-state index contributed by atoms with van der Waals surface area (Å²) in [7, 11) is 0. The molecule has 92 valence electrons. The van der Waals surface area contributed by atoms with Crippen molar-refractivity contribution < 1.29 is 14.7 Å². The molecule has 1 rings (SSSR count). The Kier molecular flexibility index (Phi) is 4.88. The first kappa shape index (κ1) is 13.4. The second kappa shape index (κ2) is 6.18. The molecule has 1 aromatic carbocycles. The molecule has 0 unspecified atom stereocenters. The number of benzene rings is 1. The van der Waals surface area contributed by atoms with Crippen LogP contribution in [-0.4, -0.2) is 16.9 Å². The molecule has 3 heteroatoms. The third kappa shape index (κ3) is 4.39. The Balaban J connectivity index is 2.68. The van der Waals surface area contributed by atoms with Gasteiger partial charge < -0.3 is 5.11 Å². The van der Waals surface area contributed by atoms with Crippen molar-refractivity contribution in [3.8, 4) is 0 Å². The minimum atomic E-state index is -0.843. The molecule has 0 saturated carbocycles. The lowest BCUT2D eigenvalue weighted by molar-refractivity contribution is -0.138. The van der Waals surface area contributed by atoms with Crippen LogP contribution >= 0.6 is 0 Å². The zero-order valence-electron chi connectivity index (χ0n) is 10.2. The Morgan fingerprint density at radius 2 is 1.71 bits per heavy atom. The van der Waals surface area contributed by atoms with Crippen molar-refractivity contribution in [2.24, 2.45) is 11.8 Å². The fourth-order valence-corrected chi connectivity index (χ4v) is 1.75. The highest BCUT2D eigenvalue weighted by atomic mass is 16.4. The highest BCUT2D eigenvalue weighted by molar-refractivity contribution is 5.96. The van der Waals surface area contributed by atoms with E-state index in [1.807, 2.05) is 32.0 Å². The van der Waals surface area contributed by atoms with Crippen molar-refractivity contribution >= 4 is 11.8 Å². The fourth-order valence-electron chi connectivity index (χ4n) is 1.75. The highest BCUT2D eigenvalue weighted by Gasteiger charge is 2.21. The first-order valence-corrected chi connectivity index (χ1v) is 5.80. The van der Waals surface area contributed by atoms with Crippen molar-refractivity contribution in [3.05, 3.63) is 35.9 Å². The zero-order valence-corrected chi connectivity index (χ0v) is 10.2. The van der Waals surface area contributed by atoms with E-state index in [0.29, 0.717) is 12.0 Å². The molecule has 1 N–H and O–H groups in total. The molecule has 0 aliphatic rings. The second-order valence-corrected chi connectivity index (χ2v) is 4.60. The maximum Gasteiger partial charge on any atom is 0.303 e. The van der Waals surface area contributed by atoms with Crippen LogP contribution in [0.5, 0.6) is 0 Å². The van der Waals surface area contributed by atoms with Crippen LogP contribution in [0.4, 0.5) is 0 Å². The van der Waals surface area contributed by atoms with E-state index in [9.17, 15) is 9.59 Å². The lowest BCUT2D eigenvalue weighted by Crippen LogP contribution is -2.18. The van der Waals surface area contributed by atoms with E-state index < -0.39 is 5.97 Å². The maximum atomic E-state index is 11.9. The van der Waals surface area contributed by atoms with Gasteiger partial charge in [0.15, 0.2) is 5.78 Å². The standard InChI is InChI=1S/C14H18O3/c1-10(2)12(9-14(16)17)8-13(15)11-6-4-3-5-7-11/h3-7,10,12H,8-9H2,1-2H3,(H,16,17)/t12-/m0/s1. The number of hydrogen-bond donors (Lipinski definition) is 1. The summed E-state index contributed by atoms with van der Waals surface area (Å²) in [5, 5.41) is 8.80. The van der Waals surface area contributed by atoms with Gasteiger partial charge in [0.2, 0.25) is 0 Å². The van der Waals surface area contributed by atoms with Gasteiger partial charge in [-0.2, -0.15) is 0 Å². The molecular formula is C14H18O3. The van der Waals surface area contributed by atoms with E-state index in [4.69, 9.17) is 5.11 Å². The SMILES string of the molecule is CC(C)[C@H](CC(=O)O)CC(=O)c1ccccc1. The van der Waals surface area contributed by atoms with Crippen LogP contribution in [0.1, 0.15) is 37.0 Å². The van der Waals surface area contributed by atoms with Gasteiger partial charge in [0.05, 0.1) is 0 Å². The summed E-state index contributed by atoms with van der Waals surface area (Å²) >= 11 is 0. The molecule has 0 saturated heterocycles. The predicted octanol–water partition coefficient (Wildman–Crippen LogP) is 3.01. The molecule has 0 radical (unpaired) electrons. The molecule has 0 aliphatic carbocycles. The minimum Gasteiger partial charge on any atom is -0.481 e. The minimum absolute atomic E-state index is 0.0190. The van der Waals surface area contributed by atoms with Crippen molar-refractivity contribution in [3.63, 3.8) is 0 Å². The molecule has 17 heavy (non-hydrogen) atoms. The molecule has 0 fully saturated rings. The van der Waals surface area contributed by atoms with Gasteiger partial charge in [-0.15, -0.1) is 0 Å². The number of hydrogen-bond acceptors (Lipinski definition) is 2. The summed E-state index contributed by atoms with van der Waals surface area (Å²) in [5.74, 6) is -0.728. The number of Topliss-reactive ketones (excluding diaryl/α,β-unsaturated/α-hetero) is 1. The van der Waals surface area contributed by atoms with Crippen molar-refractivity contribution in [1.29, 1.82) is 0 Å². The number of carboxylic acids is 1. The van der Waals surface area contributed by atoms with Gasteiger partial charge in [0, 0.05) is 18.4 Å². The Hall–Kier alpha value is -1.64. The molecule has 3 nitrogen and oxygen atoms in total. The summed E-state index contributed by atoms with van der Waals surface area (Å²) in [6.45, 7) is 3.90. The number of rotatable bonds is 6. The lowest BCUT2D eigenvalue weighted by atomic mass is 9.86. The van der Waals surface area contributed by atoms with Crippen LogP contribution in [0.25, 0.3) is 0 Å². The zero-order chi connectivity index (χ0) is 12.8. The number of ketones is 1. The first-order valence-electron chi connectivity index (χ1n) is 5.80. The third-order valence-corrected chi connectivity index (χ3v) is 2.92. The molecule has 1 aromatic rings. The van der Waals surface area contributed by atoms with E-state index in [-0.39, 0.29) is 24.0 Å². The monoisotopic (exact) mass is 234 g/mol. The maximum absolute atomic E-state index is 11.9. The highest BCUT2D eigenvalue weighted by Crippen LogP contribution is 2.21. The van der Waals surface area contributed by atoms with Crippen LogP contribution in [0.2, 0.25) is 0 Å². The largest absolute Gasteiger partial charge is 0.481 e. The van der Waals surface area contributed by atoms with Crippen LogP contribution in [0.3, 0.4) is 0 Å². The topological polar surface area (TPSA) is 54.4 Å². The quantitative estimate of drug-likeness (QED) is 0.770. The average molecular weight is 234 g/mol. The van der Waals surface area contributed by atoms with Gasteiger partial charge in [-0.3, -0.25) is 9.59 Å². The van der Waals surface area contributed by atoms with Crippen molar-refractivity contribution in [2.45, 2.75) is 26.7 Å². The molecule has 0 spiro atoms. The Bertz CT molecular complexity index is 382. The first-order chi connectivity index (χ1) is 8.00. The van der Waals surface area contributed by atoms with Gasteiger partial charge in [0.25, 0.3) is 0 Å². The Labute approximate surface area is 101 Å².